The number of aromatic nitrogens is 1. The second kappa shape index (κ2) is 6.10. The molecule has 88 valence electrons. The van der Waals surface area contributed by atoms with Crippen molar-refractivity contribution >= 4 is 11.7 Å². The van der Waals surface area contributed by atoms with Gasteiger partial charge in [0, 0.05) is 12.6 Å². The zero-order chi connectivity index (χ0) is 12.0. The fourth-order valence-corrected chi connectivity index (χ4v) is 1.31. The first kappa shape index (κ1) is 12.5. The van der Waals surface area contributed by atoms with Crippen LogP contribution in [0.1, 0.15) is 27.2 Å². The number of nitrogens with one attached hydrogen (secondary N) is 1. The van der Waals surface area contributed by atoms with Gasteiger partial charge in [0.15, 0.2) is 11.6 Å². The highest BCUT2D eigenvalue weighted by molar-refractivity contribution is 5.91. The molecule has 0 atom stereocenters. The number of hydrogen-bond acceptors (Lipinski definition) is 3. The Morgan fingerprint density at radius 1 is 1.56 bits per heavy atom. The molecule has 1 aromatic heterocycles. The van der Waals surface area contributed by atoms with Gasteiger partial charge in [0.25, 0.3) is 0 Å². The van der Waals surface area contributed by atoms with Crippen molar-refractivity contribution in [1.29, 1.82) is 0 Å². The van der Waals surface area contributed by atoms with Gasteiger partial charge in [-0.1, -0.05) is 13.8 Å². The number of rotatable bonds is 5. The van der Waals surface area contributed by atoms with Crippen LogP contribution in [0.2, 0.25) is 0 Å². The van der Waals surface area contributed by atoms with E-state index in [4.69, 9.17) is 4.74 Å². The second-order valence-corrected chi connectivity index (χ2v) is 3.93. The molecule has 1 aromatic rings. The maximum absolute atomic E-state index is 11.6. The van der Waals surface area contributed by atoms with E-state index in [1.165, 1.54) is 0 Å². The summed E-state index contributed by atoms with van der Waals surface area (Å²) < 4.78 is 5.37. The third-order valence-corrected chi connectivity index (χ3v) is 1.92. The molecule has 1 N–H and O–H groups in total. The van der Waals surface area contributed by atoms with Crippen molar-refractivity contribution < 1.29 is 9.53 Å². The summed E-state index contributed by atoms with van der Waals surface area (Å²) in [5.41, 5.74) is 0. The molecule has 4 heteroatoms. The van der Waals surface area contributed by atoms with Gasteiger partial charge in [-0.3, -0.25) is 4.79 Å². The van der Waals surface area contributed by atoms with E-state index >= 15 is 0 Å². The zero-order valence-electron chi connectivity index (χ0n) is 9.99. The van der Waals surface area contributed by atoms with Gasteiger partial charge in [0.05, 0.1) is 6.61 Å². The van der Waals surface area contributed by atoms with Crippen molar-refractivity contribution in [3.8, 4) is 5.75 Å². The largest absolute Gasteiger partial charge is 0.490 e. The molecule has 0 spiro atoms. The third-order valence-electron chi connectivity index (χ3n) is 1.92. The van der Waals surface area contributed by atoms with Crippen LogP contribution in [0.3, 0.4) is 0 Å². The van der Waals surface area contributed by atoms with Crippen molar-refractivity contribution in [3.05, 3.63) is 18.3 Å². The topological polar surface area (TPSA) is 51.2 Å². The summed E-state index contributed by atoms with van der Waals surface area (Å²) in [6.07, 6.45) is 2.12. The monoisotopic (exact) mass is 222 g/mol. The molecule has 1 amide bonds. The molecule has 4 nitrogen and oxygen atoms in total. The van der Waals surface area contributed by atoms with Crippen LogP contribution >= 0.6 is 0 Å². The quantitative estimate of drug-likeness (QED) is 0.832. The average molecular weight is 222 g/mol. The maximum Gasteiger partial charge on any atom is 0.225 e. The summed E-state index contributed by atoms with van der Waals surface area (Å²) in [6.45, 7) is 6.45. The van der Waals surface area contributed by atoms with Crippen LogP contribution in [-0.4, -0.2) is 17.5 Å². The number of anilines is 1. The fraction of sp³-hybridized carbons (Fsp3) is 0.500. The predicted molar refractivity (Wildman–Crippen MR) is 63.5 cm³/mol. The summed E-state index contributed by atoms with van der Waals surface area (Å²) in [5, 5.41) is 2.75. The molecule has 1 rings (SSSR count). The lowest BCUT2D eigenvalue weighted by Crippen LogP contribution is -2.15. The van der Waals surface area contributed by atoms with Crippen LogP contribution in [0.15, 0.2) is 18.3 Å². The number of pyridine rings is 1. The van der Waals surface area contributed by atoms with Crippen LogP contribution < -0.4 is 10.1 Å². The zero-order valence-corrected chi connectivity index (χ0v) is 9.99. The molecule has 0 aliphatic rings. The van der Waals surface area contributed by atoms with Crippen LogP contribution in [0.5, 0.6) is 5.75 Å². The maximum atomic E-state index is 11.6. The van der Waals surface area contributed by atoms with Gasteiger partial charge in [0.1, 0.15) is 0 Å². The molecule has 0 fully saturated rings. The molecule has 16 heavy (non-hydrogen) atoms. The van der Waals surface area contributed by atoms with Gasteiger partial charge < -0.3 is 10.1 Å². The first-order chi connectivity index (χ1) is 7.63. The van der Waals surface area contributed by atoms with Gasteiger partial charge >= 0.3 is 0 Å². The summed E-state index contributed by atoms with van der Waals surface area (Å²) in [6, 6.07) is 3.57. The summed E-state index contributed by atoms with van der Waals surface area (Å²) >= 11 is 0. The molecular weight excluding hydrogens is 204 g/mol. The minimum atomic E-state index is -0.0327. The Bertz CT molecular complexity index is 351. The number of amides is 1. The number of ether oxygens (including phenoxy) is 1. The van der Waals surface area contributed by atoms with Crippen molar-refractivity contribution in [2.45, 2.75) is 27.2 Å². The van der Waals surface area contributed by atoms with E-state index in [2.05, 4.69) is 10.3 Å². The molecule has 0 radical (unpaired) electrons. The Balaban J connectivity index is 2.68. The van der Waals surface area contributed by atoms with E-state index in [0.29, 0.717) is 30.5 Å². The van der Waals surface area contributed by atoms with E-state index < -0.39 is 0 Å². The number of carbonyl (C=O) groups is 1. The molecular formula is C12H18N2O2. The molecule has 0 bridgehead atoms. The highest BCUT2D eigenvalue weighted by Gasteiger charge is 2.09. The average Bonchev–Trinajstić information content (AvgIpc) is 2.20. The van der Waals surface area contributed by atoms with Gasteiger partial charge in [-0.15, -0.1) is 0 Å². The lowest BCUT2D eigenvalue weighted by molar-refractivity contribution is -0.116. The molecule has 0 saturated heterocycles. The standard InChI is InChI=1S/C12H18N2O2/c1-4-16-10-6-5-7-13-12(10)14-11(15)8-9(2)3/h5-7,9H,4,8H2,1-3H3,(H,13,14,15). The molecule has 0 aliphatic carbocycles. The van der Waals surface area contributed by atoms with Crippen molar-refractivity contribution in [2.75, 3.05) is 11.9 Å². The number of carbonyl (C=O) groups excluding carboxylic acids is 1. The Hall–Kier alpha value is -1.58. The van der Waals surface area contributed by atoms with E-state index in [0.717, 1.165) is 0 Å². The second-order valence-electron chi connectivity index (χ2n) is 3.93. The van der Waals surface area contributed by atoms with Crippen molar-refractivity contribution in [3.63, 3.8) is 0 Å². The highest BCUT2D eigenvalue weighted by atomic mass is 16.5. The predicted octanol–water partition coefficient (Wildman–Crippen LogP) is 2.46. The lowest BCUT2D eigenvalue weighted by atomic mass is 10.1. The minimum Gasteiger partial charge on any atom is -0.490 e. The smallest absolute Gasteiger partial charge is 0.225 e. The molecule has 0 unspecified atom stereocenters. The lowest BCUT2D eigenvalue weighted by Gasteiger charge is -2.10. The number of hydrogen-bond donors (Lipinski definition) is 1. The third kappa shape index (κ3) is 3.88. The first-order valence-corrected chi connectivity index (χ1v) is 5.51. The van der Waals surface area contributed by atoms with E-state index in [9.17, 15) is 4.79 Å². The summed E-state index contributed by atoms with van der Waals surface area (Å²) in [4.78, 5) is 15.7. The summed E-state index contributed by atoms with van der Waals surface area (Å²) in [5.74, 6) is 1.41. The Kier molecular flexibility index (Phi) is 4.76. The van der Waals surface area contributed by atoms with Gasteiger partial charge in [0.2, 0.25) is 5.91 Å². The first-order valence-electron chi connectivity index (χ1n) is 5.51. The summed E-state index contributed by atoms with van der Waals surface area (Å²) in [7, 11) is 0. The molecule has 0 saturated carbocycles. The van der Waals surface area contributed by atoms with Crippen LogP contribution in [0, 0.1) is 5.92 Å². The van der Waals surface area contributed by atoms with E-state index in [1.807, 2.05) is 20.8 Å². The van der Waals surface area contributed by atoms with E-state index in [-0.39, 0.29) is 5.91 Å². The van der Waals surface area contributed by atoms with Gasteiger partial charge in [-0.2, -0.15) is 0 Å². The normalized spacial score (nSPS) is 10.2. The minimum absolute atomic E-state index is 0.0327. The number of nitrogens with zero attached hydrogens (tertiary/aromatic N) is 1. The van der Waals surface area contributed by atoms with Gasteiger partial charge in [-0.05, 0) is 25.0 Å². The molecule has 0 aromatic carbocycles. The highest BCUT2D eigenvalue weighted by Crippen LogP contribution is 2.21. The van der Waals surface area contributed by atoms with Crippen molar-refractivity contribution in [2.24, 2.45) is 5.92 Å². The Morgan fingerprint density at radius 3 is 2.94 bits per heavy atom. The SMILES string of the molecule is CCOc1cccnc1NC(=O)CC(C)C. The van der Waals surface area contributed by atoms with E-state index in [1.54, 1.807) is 18.3 Å². The molecule has 0 aliphatic heterocycles. The van der Waals surface area contributed by atoms with Crippen molar-refractivity contribution in [1.82, 2.24) is 4.98 Å². The fourth-order valence-electron chi connectivity index (χ4n) is 1.31. The van der Waals surface area contributed by atoms with Crippen LogP contribution in [0.25, 0.3) is 0 Å². The van der Waals surface area contributed by atoms with Gasteiger partial charge in [-0.25, -0.2) is 4.98 Å². The van der Waals surface area contributed by atoms with Crippen LogP contribution in [-0.2, 0) is 4.79 Å². The van der Waals surface area contributed by atoms with Crippen LogP contribution in [0.4, 0.5) is 5.82 Å². The molecule has 1 heterocycles. The Morgan fingerprint density at radius 2 is 2.31 bits per heavy atom. The Labute approximate surface area is 96.0 Å².